The van der Waals surface area contributed by atoms with Crippen LogP contribution >= 0.6 is 23.2 Å². The fourth-order valence-corrected chi connectivity index (χ4v) is 2.39. The van der Waals surface area contributed by atoms with E-state index in [1.807, 2.05) is 25.1 Å². The molecule has 0 amide bonds. The van der Waals surface area contributed by atoms with Crippen LogP contribution in [0.25, 0.3) is 0 Å². The minimum Gasteiger partial charge on any atom is -0.271 e. The lowest BCUT2D eigenvalue weighted by molar-refractivity contribution is 0.548. The minimum absolute atomic E-state index is 0.162. The molecule has 0 aliphatic rings. The van der Waals surface area contributed by atoms with E-state index in [4.69, 9.17) is 29.0 Å². The number of nitrogens with two attached hydrogens (primary N) is 1. The Morgan fingerprint density at radius 1 is 1.15 bits per heavy atom. The van der Waals surface area contributed by atoms with Crippen molar-refractivity contribution in [1.29, 1.82) is 0 Å². The Morgan fingerprint density at radius 2 is 1.85 bits per heavy atom. The summed E-state index contributed by atoms with van der Waals surface area (Å²) >= 11 is 12.1. The average molecular weight is 313 g/mol. The highest BCUT2D eigenvalue weighted by Crippen LogP contribution is 2.26. The lowest BCUT2D eigenvalue weighted by atomic mass is 9.98. The van der Waals surface area contributed by atoms with Gasteiger partial charge >= 0.3 is 0 Å². The highest BCUT2D eigenvalue weighted by atomic mass is 35.5. The third-order valence-corrected chi connectivity index (χ3v) is 4.01. The van der Waals surface area contributed by atoms with Crippen molar-refractivity contribution in [2.45, 2.75) is 19.4 Å². The molecule has 5 heteroatoms. The maximum atomic E-state index is 13.3. The highest BCUT2D eigenvalue weighted by molar-refractivity contribution is 6.31. The summed E-state index contributed by atoms with van der Waals surface area (Å²) in [7, 11) is 0. The number of benzene rings is 2. The lowest BCUT2D eigenvalue weighted by Crippen LogP contribution is -2.29. The summed E-state index contributed by atoms with van der Waals surface area (Å²) in [4.78, 5) is 0. The summed E-state index contributed by atoms with van der Waals surface area (Å²) in [6, 6.07) is 9.83. The molecule has 1 atom stereocenters. The normalized spacial score (nSPS) is 12.4. The monoisotopic (exact) mass is 312 g/mol. The molecule has 0 fully saturated rings. The second-order valence-electron chi connectivity index (χ2n) is 4.67. The number of aryl methyl sites for hydroxylation is 1. The van der Waals surface area contributed by atoms with Gasteiger partial charge in [0.15, 0.2) is 0 Å². The molecule has 0 heterocycles. The Hall–Kier alpha value is -1.13. The molecule has 1 unspecified atom stereocenters. The van der Waals surface area contributed by atoms with Gasteiger partial charge in [-0.25, -0.2) is 4.39 Å². The van der Waals surface area contributed by atoms with E-state index in [0.29, 0.717) is 22.0 Å². The van der Waals surface area contributed by atoms with Crippen molar-refractivity contribution in [2.24, 2.45) is 5.84 Å². The molecule has 2 aromatic carbocycles. The van der Waals surface area contributed by atoms with Gasteiger partial charge in [0.25, 0.3) is 0 Å². The number of nitrogens with one attached hydrogen (secondary N) is 1. The number of hydrogen-bond donors (Lipinski definition) is 2. The van der Waals surface area contributed by atoms with Crippen LogP contribution in [0, 0.1) is 12.7 Å². The third kappa shape index (κ3) is 3.49. The Kier molecular flexibility index (Phi) is 5.00. The molecule has 0 aliphatic heterocycles. The molecule has 2 nitrogen and oxygen atoms in total. The molecule has 0 aliphatic carbocycles. The van der Waals surface area contributed by atoms with Crippen LogP contribution in [-0.4, -0.2) is 0 Å². The number of rotatable bonds is 4. The van der Waals surface area contributed by atoms with Gasteiger partial charge in [-0.2, -0.15) is 0 Å². The van der Waals surface area contributed by atoms with Gasteiger partial charge in [-0.15, -0.1) is 0 Å². The van der Waals surface area contributed by atoms with Crippen molar-refractivity contribution in [2.75, 3.05) is 0 Å². The van der Waals surface area contributed by atoms with Crippen molar-refractivity contribution in [3.63, 3.8) is 0 Å². The summed E-state index contributed by atoms with van der Waals surface area (Å²) in [5.74, 6) is 5.30. The first-order valence-electron chi connectivity index (χ1n) is 6.17. The second kappa shape index (κ2) is 6.55. The molecule has 20 heavy (non-hydrogen) atoms. The first-order valence-corrected chi connectivity index (χ1v) is 6.93. The smallest absolute Gasteiger partial charge is 0.123 e. The molecular weight excluding hydrogens is 298 g/mol. The minimum atomic E-state index is -0.313. The van der Waals surface area contributed by atoms with Gasteiger partial charge in [-0.3, -0.25) is 11.3 Å². The number of hydrogen-bond acceptors (Lipinski definition) is 2. The van der Waals surface area contributed by atoms with E-state index in [9.17, 15) is 4.39 Å². The maximum Gasteiger partial charge on any atom is 0.123 e. The van der Waals surface area contributed by atoms with Crippen LogP contribution in [0.5, 0.6) is 0 Å². The summed E-state index contributed by atoms with van der Waals surface area (Å²) in [5.41, 5.74) is 5.40. The Bertz CT molecular complexity index is 617. The Morgan fingerprint density at radius 3 is 2.50 bits per heavy atom. The summed E-state index contributed by atoms with van der Waals surface area (Å²) in [5, 5.41) is 1.23. The molecule has 0 saturated heterocycles. The standard InChI is InChI=1S/C15H15Cl2FN2/c1-9-6-10(2-4-13(9)16)15(20-19)8-11-7-12(18)3-5-14(11)17/h2-7,15,20H,8,19H2,1H3. The molecule has 0 aromatic heterocycles. The van der Waals surface area contributed by atoms with Gasteiger partial charge in [0, 0.05) is 10.0 Å². The number of hydrazine groups is 1. The van der Waals surface area contributed by atoms with Gasteiger partial charge in [0.1, 0.15) is 5.82 Å². The average Bonchev–Trinajstić information content (AvgIpc) is 2.43. The van der Waals surface area contributed by atoms with E-state index in [-0.39, 0.29) is 11.9 Å². The third-order valence-electron chi connectivity index (χ3n) is 3.22. The van der Waals surface area contributed by atoms with Crippen molar-refractivity contribution < 1.29 is 4.39 Å². The lowest BCUT2D eigenvalue weighted by Gasteiger charge is -2.18. The zero-order valence-corrected chi connectivity index (χ0v) is 12.5. The predicted octanol–water partition coefficient (Wildman–Crippen LogP) is 4.19. The van der Waals surface area contributed by atoms with E-state index in [1.165, 1.54) is 12.1 Å². The van der Waals surface area contributed by atoms with Gasteiger partial charge in [0.05, 0.1) is 6.04 Å². The summed E-state index contributed by atoms with van der Waals surface area (Å²) in [6.45, 7) is 1.93. The van der Waals surface area contributed by atoms with E-state index < -0.39 is 0 Å². The zero-order chi connectivity index (χ0) is 14.7. The molecular formula is C15H15Cl2FN2. The van der Waals surface area contributed by atoms with Crippen LogP contribution in [0.15, 0.2) is 36.4 Å². The highest BCUT2D eigenvalue weighted by Gasteiger charge is 2.14. The zero-order valence-electron chi connectivity index (χ0n) is 11.0. The molecule has 0 saturated carbocycles. The van der Waals surface area contributed by atoms with Crippen molar-refractivity contribution in [3.8, 4) is 0 Å². The van der Waals surface area contributed by atoms with Gasteiger partial charge in [-0.05, 0) is 54.3 Å². The van der Waals surface area contributed by atoms with Gasteiger partial charge < -0.3 is 0 Å². The second-order valence-corrected chi connectivity index (χ2v) is 5.48. The van der Waals surface area contributed by atoms with Crippen molar-refractivity contribution in [1.82, 2.24) is 5.43 Å². The SMILES string of the molecule is Cc1cc(C(Cc2cc(F)ccc2Cl)NN)ccc1Cl. The van der Waals surface area contributed by atoms with E-state index in [1.54, 1.807) is 6.07 Å². The fourth-order valence-electron chi connectivity index (χ4n) is 2.08. The maximum absolute atomic E-state index is 13.3. The number of halogens is 3. The summed E-state index contributed by atoms with van der Waals surface area (Å²) < 4.78 is 13.3. The van der Waals surface area contributed by atoms with Crippen molar-refractivity contribution >= 4 is 23.2 Å². The quantitative estimate of drug-likeness (QED) is 0.656. The van der Waals surface area contributed by atoms with Crippen molar-refractivity contribution in [3.05, 3.63) is 69.0 Å². The Balaban J connectivity index is 2.28. The van der Waals surface area contributed by atoms with Crippen LogP contribution in [0.3, 0.4) is 0 Å². The Labute approximate surface area is 127 Å². The molecule has 2 rings (SSSR count). The first kappa shape index (κ1) is 15.3. The van der Waals surface area contributed by atoms with E-state index in [2.05, 4.69) is 5.43 Å². The molecule has 3 N–H and O–H groups in total. The van der Waals surface area contributed by atoms with E-state index >= 15 is 0 Å². The molecule has 0 radical (unpaired) electrons. The topological polar surface area (TPSA) is 38.0 Å². The molecule has 0 spiro atoms. The van der Waals surface area contributed by atoms with Crippen LogP contribution < -0.4 is 11.3 Å². The van der Waals surface area contributed by atoms with Gasteiger partial charge in [-0.1, -0.05) is 35.3 Å². The van der Waals surface area contributed by atoms with Crippen LogP contribution in [0.1, 0.15) is 22.7 Å². The van der Waals surface area contributed by atoms with E-state index in [0.717, 1.165) is 11.1 Å². The van der Waals surface area contributed by atoms with Gasteiger partial charge in [0.2, 0.25) is 0 Å². The first-order chi connectivity index (χ1) is 9.51. The molecule has 0 bridgehead atoms. The summed E-state index contributed by atoms with van der Waals surface area (Å²) in [6.07, 6.45) is 0.494. The molecule has 2 aromatic rings. The largest absolute Gasteiger partial charge is 0.271 e. The van der Waals surface area contributed by atoms with Crippen LogP contribution in [-0.2, 0) is 6.42 Å². The fraction of sp³-hybridized carbons (Fsp3) is 0.200. The van der Waals surface area contributed by atoms with Crippen LogP contribution in [0.2, 0.25) is 10.0 Å². The molecule has 106 valence electrons. The predicted molar refractivity (Wildman–Crippen MR) is 81.4 cm³/mol. The van der Waals surface area contributed by atoms with Crippen LogP contribution in [0.4, 0.5) is 4.39 Å².